The third-order valence-corrected chi connectivity index (χ3v) is 4.89. The summed E-state index contributed by atoms with van der Waals surface area (Å²) in [5.41, 5.74) is 1.02. The average Bonchev–Trinajstić information content (AvgIpc) is 2.97. The van der Waals surface area contributed by atoms with Gasteiger partial charge in [-0.3, -0.25) is 4.79 Å². The first kappa shape index (κ1) is 15.1. The lowest BCUT2D eigenvalue weighted by molar-refractivity contribution is -0.120. The molecule has 1 amide bonds. The van der Waals surface area contributed by atoms with Gasteiger partial charge in [0.25, 0.3) is 0 Å². The molecular formula is C15H16FNOS2. The van der Waals surface area contributed by atoms with Crippen molar-refractivity contribution in [2.45, 2.75) is 24.5 Å². The number of thioether (sulfide) groups is 1. The Morgan fingerprint density at radius 2 is 2.10 bits per heavy atom. The smallest absolute Gasteiger partial charge is 0.233 e. The number of thiophene rings is 1. The van der Waals surface area contributed by atoms with E-state index in [1.165, 1.54) is 12.1 Å². The molecule has 1 aromatic carbocycles. The lowest BCUT2D eigenvalue weighted by Gasteiger charge is -2.11. The van der Waals surface area contributed by atoms with Gasteiger partial charge in [-0.25, -0.2) is 4.39 Å². The van der Waals surface area contributed by atoms with E-state index in [-0.39, 0.29) is 17.0 Å². The summed E-state index contributed by atoms with van der Waals surface area (Å²) in [6.45, 7) is 2.47. The van der Waals surface area contributed by atoms with Gasteiger partial charge in [0.05, 0.1) is 11.8 Å². The molecule has 106 valence electrons. The molecule has 1 atom stereocenters. The topological polar surface area (TPSA) is 29.1 Å². The van der Waals surface area contributed by atoms with Gasteiger partial charge in [-0.2, -0.15) is 0 Å². The fourth-order valence-electron chi connectivity index (χ4n) is 1.61. The molecule has 0 radical (unpaired) electrons. The van der Waals surface area contributed by atoms with Gasteiger partial charge in [0, 0.05) is 10.6 Å². The summed E-state index contributed by atoms with van der Waals surface area (Å²) < 4.78 is 12.8. The monoisotopic (exact) mass is 309 g/mol. The van der Waals surface area contributed by atoms with Crippen molar-refractivity contribution in [2.24, 2.45) is 0 Å². The molecular weight excluding hydrogens is 293 g/mol. The lowest BCUT2D eigenvalue weighted by Crippen LogP contribution is -2.30. The Hall–Kier alpha value is -1.33. The van der Waals surface area contributed by atoms with Crippen molar-refractivity contribution in [3.05, 3.63) is 58.0 Å². The van der Waals surface area contributed by atoms with Crippen LogP contribution in [0.5, 0.6) is 0 Å². The number of halogens is 1. The lowest BCUT2D eigenvalue weighted by atomic mass is 10.2. The molecule has 0 aliphatic rings. The van der Waals surface area contributed by atoms with E-state index in [1.807, 2.05) is 24.4 Å². The van der Waals surface area contributed by atoms with Crippen LogP contribution in [0.3, 0.4) is 0 Å². The average molecular weight is 309 g/mol. The molecule has 2 aromatic rings. The van der Waals surface area contributed by atoms with Gasteiger partial charge in [0.1, 0.15) is 5.82 Å². The van der Waals surface area contributed by atoms with Crippen molar-refractivity contribution in [3.8, 4) is 0 Å². The molecule has 1 unspecified atom stereocenters. The van der Waals surface area contributed by atoms with Crippen LogP contribution in [-0.4, -0.2) is 11.2 Å². The Labute approximate surface area is 126 Å². The molecule has 1 heterocycles. The standard InChI is InChI=1S/C15H16FNOS2/c1-11(15(18)17-9-14-3-2-8-19-14)20-10-12-4-6-13(16)7-5-12/h2-8,11H,9-10H2,1H3,(H,17,18). The number of rotatable bonds is 6. The van der Waals surface area contributed by atoms with Crippen LogP contribution < -0.4 is 5.32 Å². The van der Waals surface area contributed by atoms with Crippen molar-refractivity contribution in [1.82, 2.24) is 5.32 Å². The van der Waals surface area contributed by atoms with Crippen molar-refractivity contribution in [1.29, 1.82) is 0 Å². The summed E-state index contributed by atoms with van der Waals surface area (Å²) >= 11 is 3.18. The minimum absolute atomic E-state index is 0.0329. The first-order chi connectivity index (χ1) is 9.65. The number of carbonyl (C=O) groups is 1. The van der Waals surface area contributed by atoms with E-state index in [0.717, 1.165) is 10.4 Å². The Bertz CT molecular complexity index is 540. The molecule has 0 spiro atoms. The quantitative estimate of drug-likeness (QED) is 0.879. The second-order valence-electron chi connectivity index (χ2n) is 4.38. The van der Waals surface area contributed by atoms with Gasteiger partial charge < -0.3 is 5.32 Å². The Morgan fingerprint density at radius 3 is 2.75 bits per heavy atom. The van der Waals surface area contributed by atoms with Crippen molar-refractivity contribution < 1.29 is 9.18 Å². The minimum atomic E-state index is -0.236. The van der Waals surface area contributed by atoms with Crippen LogP contribution in [0.15, 0.2) is 41.8 Å². The van der Waals surface area contributed by atoms with Crippen LogP contribution in [0.2, 0.25) is 0 Å². The maximum Gasteiger partial charge on any atom is 0.233 e. The summed E-state index contributed by atoms with van der Waals surface area (Å²) in [7, 11) is 0. The van der Waals surface area contributed by atoms with Gasteiger partial charge in [0.15, 0.2) is 0 Å². The molecule has 1 aromatic heterocycles. The van der Waals surface area contributed by atoms with Gasteiger partial charge in [-0.15, -0.1) is 23.1 Å². The highest BCUT2D eigenvalue weighted by Gasteiger charge is 2.13. The number of benzene rings is 1. The van der Waals surface area contributed by atoms with E-state index < -0.39 is 0 Å². The third kappa shape index (κ3) is 4.65. The van der Waals surface area contributed by atoms with Gasteiger partial charge in [-0.1, -0.05) is 18.2 Å². The molecule has 1 N–H and O–H groups in total. The van der Waals surface area contributed by atoms with E-state index in [9.17, 15) is 9.18 Å². The summed E-state index contributed by atoms with van der Waals surface area (Å²) in [6, 6.07) is 10.4. The van der Waals surface area contributed by atoms with Crippen LogP contribution in [0.4, 0.5) is 4.39 Å². The van der Waals surface area contributed by atoms with Crippen LogP contribution in [0.1, 0.15) is 17.4 Å². The van der Waals surface area contributed by atoms with E-state index in [4.69, 9.17) is 0 Å². The highest BCUT2D eigenvalue weighted by molar-refractivity contribution is 7.99. The molecule has 0 saturated heterocycles. The van der Waals surface area contributed by atoms with Crippen LogP contribution >= 0.6 is 23.1 Å². The predicted molar refractivity (Wildman–Crippen MR) is 83.3 cm³/mol. The molecule has 20 heavy (non-hydrogen) atoms. The maximum absolute atomic E-state index is 12.8. The number of hydrogen-bond donors (Lipinski definition) is 1. The minimum Gasteiger partial charge on any atom is -0.350 e. The van der Waals surface area contributed by atoms with Crippen molar-refractivity contribution >= 4 is 29.0 Å². The fraction of sp³-hybridized carbons (Fsp3) is 0.267. The zero-order valence-electron chi connectivity index (χ0n) is 11.1. The molecule has 5 heteroatoms. The second kappa shape index (κ2) is 7.45. The summed E-state index contributed by atoms with van der Waals surface area (Å²) in [5, 5.41) is 4.79. The molecule has 0 fully saturated rings. The van der Waals surface area contributed by atoms with Crippen LogP contribution in [-0.2, 0) is 17.1 Å². The molecule has 0 aliphatic heterocycles. The summed E-state index contributed by atoms with van der Waals surface area (Å²) in [5.74, 6) is 0.499. The van der Waals surface area contributed by atoms with E-state index >= 15 is 0 Å². The maximum atomic E-state index is 12.8. The Morgan fingerprint density at radius 1 is 1.35 bits per heavy atom. The summed E-state index contributed by atoms with van der Waals surface area (Å²) in [4.78, 5) is 13.1. The number of hydrogen-bond acceptors (Lipinski definition) is 3. The zero-order chi connectivity index (χ0) is 14.4. The number of carbonyl (C=O) groups excluding carboxylic acids is 1. The SMILES string of the molecule is CC(SCc1ccc(F)cc1)C(=O)NCc1cccs1. The molecule has 0 bridgehead atoms. The Balaban J connectivity index is 1.74. The number of nitrogens with one attached hydrogen (secondary N) is 1. The van der Waals surface area contributed by atoms with Crippen LogP contribution in [0.25, 0.3) is 0 Å². The zero-order valence-corrected chi connectivity index (χ0v) is 12.8. The normalized spacial score (nSPS) is 12.1. The summed E-state index contributed by atoms with van der Waals surface area (Å²) in [6.07, 6.45) is 0. The first-order valence-corrected chi connectivity index (χ1v) is 8.24. The van der Waals surface area contributed by atoms with Crippen molar-refractivity contribution in [3.63, 3.8) is 0 Å². The Kier molecular flexibility index (Phi) is 5.61. The molecule has 2 rings (SSSR count). The molecule has 0 aliphatic carbocycles. The third-order valence-electron chi connectivity index (χ3n) is 2.80. The fourth-order valence-corrected chi connectivity index (χ4v) is 3.12. The molecule has 0 saturated carbocycles. The van der Waals surface area contributed by atoms with Crippen molar-refractivity contribution in [2.75, 3.05) is 0 Å². The van der Waals surface area contributed by atoms with Crippen LogP contribution in [0, 0.1) is 5.82 Å². The largest absolute Gasteiger partial charge is 0.350 e. The predicted octanol–water partition coefficient (Wildman–Crippen LogP) is 3.83. The van der Waals surface area contributed by atoms with E-state index in [0.29, 0.717) is 12.3 Å². The van der Waals surface area contributed by atoms with Gasteiger partial charge >= 0.3 is 0 Å². The van der Waals surface area contributed by atoms with Gasteiger partial charge in [-0.05, 0) is 36.1 Å². The molecule has 2 nitrogen and oxygen atoms in total. The highest BCUT2D eigenvalue weighted by atomic mass is 32.2. The van der Waals surface area contributed by atoms with Gasteiger partial charge in [0.2, 0.25) is 5.91 Å². The van der Waals surface area contributed by atoms with E-state index in [1.54, 1.807) is 35.2 Å². The number of amides is 1. The highest BCUT2D eigenvalue weighted by Crippen LogP contribution is 2.18. The van der Waals surface area contributed by atoms with E-state index in [2.05, 4.69) is 5.32 Å². The first-order valence-electron chi connectivity index (χ1n) is 6.31. The second-order valence-corrected chi connectivity index (χ2v) is 6.74.